The Labute approximate surface area is 209 Å². The van der Waals surface area contributed by atoms with E-state index in [1.165, 1.54) is 0 Å². The number of pyridine rings is 2. The van der Waals surface area contributed by atoms with Crippen molar-refractivity contribution in [2.24, 2.45) is 5.92 Å². The number of thioether (sulfide) groups is 1. The number of nitrogens with one attached hydrogen (secondary N) is 1. The SMILES string of the molecule is CCOc1cc2cc(-c3c(C)cc(SC)nc3NC3CC(CO)[C@H]4OC(C)(C)O[C@@H]34)oc2c(C)n1. The van der Waals surface area contributed by atoms with E-state index in [9.17, 15) is 5.11 Å². The summed E-state index contributed by atoms with van der Waals surface area (Å²) in [5.74, 6) is 1.36. The Kier molecular flexibility index (Phi) is 6.46. The zero-order valence-corrected chi connectivity index (χ0v) is 21.9. The quantitative estimate of drug-likeness (QED) is 0.438. The van der Waals surface area contributed by atoms with Crippen molar-refractivity contribution in [1.82, 2.24) is 9.97 Å². The molecule has 3 aromatic rings. The second-order valence-corrected chi connectivity index (χ2v) is 10.5. The molecule has 1 aliphatic carbocycles. The lowest BCUT2D eigenvalue weighted by atomic mass is 10.1. The number of rotatable bonds is 7. The van der Waals surface area contributed by atoms with Crippen LogP contribution in [0.4, 0.5) is 5.82 Å². The van der Waals surface area contributed by atoms with Gasteiger partial charge in [-0.25, -0.2) is 9.97 Å². The molecule has 188 valence electrons. The van der Waals surface area contributed by atoms with Crippen LogP contribution in [0.1, 0.15) is 38.4 Å². The highest BCUT2D eigenvalue weighted by molar-refractivity contribution is 7.98. The molecule has 8 nitrogen and oxygen atoms in total. The van der Waals surface area contributed by atoms with E-state index in [0.29, 0.717) is 12.5 Å². The molecule has 2 unspecified atom stereocenters. The molecule has 3 aromatic heterocycles. The highest BCUT2D eigenvalue weighted by Crippen LogP contribution is 2.44. The van der Waals surface area contributed by atoms with Gasteiger partial charge in [-0.3, -0.25) is 0 Å². The van der Waals surface area contributed by atoms with Crippen LogP contribution in [-0.2, 0) is 9.47 Å². The van der Waals surface area contributed by atoms with Crippen LogP contribution < -0.4 is 10.1 Å². The van der Waals surface area contributed by atoms with E-state index in [2.05, 4.69) is 23.3 Å². The number of aromatic nitrogens is 2. The molecule has 0 aromatic carbocycles. The maximum absolute atomic E-state index is 9.98. The van der Waals surface area contributed by atoms with Gasteiger partial charge in [0.25, 0.3) is 0 Å². The van der Waals surface area contributed by atoms with Crippen LogP contribution in [0.25, 0.3) is 22.3 Å². The van der Waals surface area contributed by atoms with E-state index in [1.807, 2.05) is 46.1 Å². The van der Waals surface area contributed by atoms with Crippen LogP contribution in [0, 0.1) is 19.8 Å². The first kappa shape index (κ1) is 24.4. The topological polar surface area (TPSA) is 98.9 Å². The maximum atomic E-state index is 9.98. The number of fused-ring (bicyclic) bond motifs is 2. The number of nitrogens with zero attached hydrogens (tertiary/aromatic N) is 2. The number of aliphatic hydroxyl groups excluding tert-OH is 1. The molecule has 9 heteroatoms. The standard InChI is InChI=1S/C26H33N3O5S/c1-7-31-19-11-15-10-18(32-22(15)14(3)27-19)21-13(2)8-20(35-6)29-25(21)28-17-9-16(12-30)23-24(17)34-26(4,5)33-23/h8,10-11,16-17,23-24,30H,7,9,12H2,1-6H3,(H,28,29)/t16?,17?,23-,24+/m1/s1. The summed E-state index contributed by atoms with van der Waals surface area (Å²) >= 11 is 1.59. The number of hydrogen-bond acceptors (Lipinski definition) is 9. The molecule has 4 atom stereocenters. The third-order valence-corrected chi connectivity index (χ3v) is 7.35. The lowest BCUT2D eigenvalue weighted by Gasteiger charge is -2.25. The molecule has 2 N–H and O–H groups in total. The number of aryl methyl sites for hydroxylation is 2. The van der Waals surface area contributed by atoms with Crippen molar-refractivity contribution in [1.29, 1.82) is 0 Å². The highest BCUT2D eigenvalue weighted by Gasteiger charge is 2.54. The molecule has 2 fully saturated rings. The first-order valence-corrected chi connectivity index (χ1v) is 13.3. The summed E-state index contributed by atoms with van der Waals surface area (Å²) in [6.45, 7) is 10.4. The first-order valence-electron chi connectivity index (χ1n) is 12.1. The Morgan fingerprint density at radius 1 is 1.17 bits per heavy atom. The molecule has 1 aliphatic heterocycles. The minimum Gasteiger partial charge on any atom is -0.478 e. The van der Waals surface area contributed by atoms with E-state index in [0.717, 1.165) is 50.8 Å². The number of anilines is 1. The van der Waals surface area contributed by atoms with Crippen LogP contribution in [0.2, 0.25) is 0 Å². The molecule has 0 amide bonds. The summed E-state index contributed by atoms with van der Waals surface area (Å²) in [4.78, 5) is 9.44. The fourth-order valence-electron chi connectivity index (χ4n) is 5.27. The molecule has 5 rings (SSSR count). The van der Waals surface area contributed by atoms with E-state index >= 15 is 0 Å². The fraction of sp³-hybridized carbons (Fsp3) is 0.538. The van der Waals surface area contributed by atoms with Crippen LogP contribution in [0.3, 0.4) is 0 Å². The Hall–Kier alpha value is -2.33. The molecule has 35 heavy (non-hydrogen) atoms. The van der Waals surface area contributed by atoms with Gasteiger partial charge in [0.15, 0.2) is 11.4 Å². The molecule has 0 bridgehead atoms. The van der Waals surface area contributed by atoms with Crippen molar-refractivity contribution in [3.05, 3.63) is 29.5 Å². The number of furan rings is 1. The Morgan fingerprint density at radius 2 is 1.94 bits per heavy atom. The minimum absolute atomic E-state index is 0.00414. The molecular weight excluding hydrogens is 466 g/mol. The fourth-order valence-corrected chi connectivity index (χ4v) is 5.74. The molecule has 1 saturated heterocycles. The van der Waals surface area contributed by atoms with Gasteiger partial charge >= 0.3 is 0 Å². The van der Waals surface area contributed by atoms with Crippen LogP contribution >= 0.6 is 11.8 Å². The minimum atomic E-state index is -0.683. The summed E-state index contributed by atoms with van der Waals surface area (Å²) < 4.78 is 24.3. The van der Waals surface area contributed by atoms with Gasteiger partial charge in [-0.15, -0.1) is 11.8 Å². The average Bonchev–Trinajstić information content (AvgIpc) is 3.45. The molecule has 2 aliphatic rings. The Balaban J connectivity index is 1.56. The van der Waals surface area contributed by atoms with E-state index in [-0.39, 0.29) is 30.8 Å². The lowest BCUT2D eigenvalue weighted by molar-refractivity contribution is -0.158. The number of ether oxygens (including phenoxy) is 3. The average molecular weight is 500 g/mol. The van der Waals surface area contributed by atoms with Gasteiger partial charge in [0.2, 0.25) is 5.88 Å². The first-order chi connectivity index (χ1) is 16.7. The van der Waals surface area contributed by atoms with Crippen molar-refractivity contribution in [3.63, 3.8) is 0 Å². The third-order valence-electron chi connectivity index (χ3n) is 6.73. The van der Waals surface area contributed by atoms with Gasteiger partial charge < -0.3 is 29.1 Å². The summed E-state index contributed by atoms with van der Waals surface area (Å²) in [5.41, 5.74) is 3.47. The van der Waals surface area contributed by atoms with Crippen LogP contribution in [0.5, 0.6) is 5.88 Å². The Morgan fingerprint density at radius 3 is 2.66 bits per heavy atom. The van der Waals surface area contributed by atoms with E-state index in [4.69, 9.17) is 23.6 Å². The maximum Gasteiger partial charge on any atom is 0.214 e. The van der Waals surface area contributed by atoms with Crippen molar-refractivity contribution >= 4 is 28.5 Å². The van der Waals surface area contributed by atoms with Crippen LogP contribution in [0.15, 0.2) is 27.6 Å². The molecule has 1 saturated carbocycles. The van der Waals surface area contributed by atoms with Gasteiger partial charge in [-0.2, -0.15) is 0 Å². The van der Waals surface area contributed by atoms with Crippen molar-refractivity contribution < 1.29 is 23.7 Å². The van der Waals surface area contributed by atoms with Crippen molar-refractivity contribution in [3.8, 4) is 17.2 Å². The van der Waals surface area contributed by atoms with Gasteiger partial charge in [0, 0.05) is 24.0 Å². The van der Waals surface area contributed by atoms with Crippen molar-refractivity contribution in [2.45, 2.75) is 70.1 Å². The smallest absolute Gasteiger partial charge is 0.214 e. The van der Waals surface area contributed by atoms with Gasteiger partial charge in [0.1, 0.15) is 17.7 Å². The van der Waals surface area contributed by atoms with Gasteiger partial charge in [-0.1, -0.05) is 0 Å². The second kappa shape index (κ2) is 9.28. The summed E-state index contributed by atoms with van der Waals surface area (Å²) in [6.07, 6.45) is 2.41. The largest absolute Gasteiger partial charge is 0.478 e. The predicted octanol–water partition coefficient (Wildman–Crippen LogP) is 4.94. The monoisotopic (exact) mass is 499 g/mol. The molecule has 4 heterocycles. The molecule has 0 spiro atoms. The highest BCUT2D eigenvalue weighted by atomic mass is 32.2. The summed E-state index contributed by atoms with van der Waals surface area (Å²) in [6, 6.07) is 5.94. The normalized spacial score (nSPS) is 25.2. The second-order valence-electron chi connectivity index (χ2n) is 9.71. The van der Waals surface area contributed by atoms with Crippen LogP contribution in [-0.4, -0.2) is 58.6 Å². The zero-order valence-electron chi connectivity index (χ0n) is 21.0. The summed E-state index contributed by atoms with van der Waals surface area (Å²) in [7, 11) is 0. The summed E-state index contributed by atoms with van der Waals surface area (Å²) in [5, 5.41) is 15.5. The third kappa shape index (κ3) is 4.50. The van der Waals surface area contributed by atoms with Gasteiger partial charge in [-0.05, 0) is 65.0 Å². The van der Waals surface area contributed by atoms with E-state index in [1.54, 1.807) is 11.8 Å². The predicted molar refractivity (Wildman–Crippen MR) is 136 cm³/mol. The number of aliphatic hydroxyl groups is 1. The van der Waals surface area contributed by atoms with Gasteiger partial charge in [0.05, 0.1) is 35.0 Å². The number of hydrogen-bond donors (Lipinski definition) is 2. The Bertz CT molecular complexity index is 1240. The molecule has 0 radical (unpaired) electrons. The van der Waals surface area contributed by atoms with Crippen molar-refractivity contribution in [2.75, 3.05) is 24.8 Å². The molecular formula is C26H33N3O5S. The van der Waals surface area contributed by atoms with E-state index < -0.39 is 5.79 Å². The lowest BCUT2D eigenvalue weighted by Crippen LogP contribution is -2.34. The zero-order chi connectivity index (χ0) is 24.9.